The van der Waals surface area contributed by atoms with Crippen LogP contribution in [-0.4, -0.2) is 6.36 Å². The van der Waals surface area contributed by atoms with Crippen LogP contribution in [0.4, 0.5) is 26.3 Å². The molecule has 1 radical (unpaired) electrons. The van der Waals surface area contributed by atoms with E-state index in [0.717, 1.165) is 30.3 Å². The summed E-state index contributed by atoms with van der Waals surface area (Å²) in [5.41, 5.74) is -1.78. The molecule has 0 spiro atoms. The van der Waals surface area contributed by atoms with Gasteiger partial charge in [0.1, 0.15) is 5.75 Å². The minimum atomic E-state index is -5.01. The molecule has 0 bridgehead atoms. The molecule has 0 aromatic heterocycles. The zero-order valence-corrected chi connectivity index (χ0v) is 10.2. The molecule has 0 N–H and O–H groups in total. The Hall–Kier alpha value is -2.18. The highest BCUT2D eigenvalue weighted by atomic mass is 19.4. The topological polar surface area (TPSA) is 9.23 Å². The van der Waals surface area contributed by atoms with Crippen molar-refractivity contribution in [3.05, 3.63) is 54.1 Å². The van der Waals surface area contributed by atoms with E-state index in [2.05, 4.69) is 10.8 Å². The van der Waals surface area contributed by atoms with Gasteiger partial charge in [-0.3, -0.25) is 0 Å². The highest BCUT2D eigenvalue weighted by Crippen LogP contribution is 2.41. The molecule has 0 aliphatic carbocycles. The zero-order valence-electron chi connectivity index (χ0n) is 10.2. The van der Waals surface area contributed by atoms with E-state index in [-0.39, 0.29) is 5.56 Å². The molecule has 0 atom stereocenters. The maximum absolute atomic E-state index is 12.9. The molecule has 2 rings (SSSR count). The Balaban J connectivity index is 2.58. The smallest absolute Gasteiger partial charge is 0.404 e. The average Bonchev–Trinajstić information content (AvgIpc) is 2.36. The summed E-state index contributed by atoms with van der Waals surface area (Å²) < 4.78 is 79.4. The summed E-state index contributed by atoms with van der Waals surface area (Å²) in [5.74, 6) is -0.804. The molecular formula is C14H7F6O. The summed E-state index contributed by atoms with van der Waals surface area (Å²) >= 11 is 0. The fourth-order valence-corrected chi connectivity index (χ4v) is 1.80. The molecule has 21 heavy (non-hydrogen) atoms. The van der Waals surface area contributed by atoms with Crippen LogP contribution in [0.5, 0.6) is 5.75 Å². The molecule has 0 fully saturated rings. The Morgan fingerprint density at radius 1 is 0.810 bits per heavy atom. The SMILES string of the molecule is FC(F)(F)Oc1[c]cccc1-c1ccccc1C(F)(F)F. The lowest BCUT2D eigenvalue weighted by Crippen LogP contribution is -2.18. The number of rotatable bonds is 2. The summed E-state index contributed by atoms with van der Waals surface area (Å²) in [4.78, 5) is 0. The predicted octanol–water partition coefficient (Wildman–Crippen LogP) is 5.07. The number of ether oxygens (including phenoxy) is 1. The van der Waals surface area contributed by atoms with Crippen LogP contribution >= 0.6 is 0 Å². The summed E-state index contributed by atoms with van der Waals surface area (Å²) in [6.07, 6.45) is -9.71. The number of para-hydroxylation sites is 1. The number of hydrogen-bond donors (Lipinski definition) is 0. The molecule has 2 aromatic rings. The highest BCUT2D eigenvalue weighted by Gasteiger charge is 2.36. The van der Waals surface area contributed by atoms with Crippen molar-refractivity contribution in [3.63, 3.8) is 0 Å². The second kappa shape index (κ2) is 5.31. The van der Waals surface area contributed by atoms with Gasteiger partial charge in [0, 0.05) is 11.6 Å². The first-order valence-corrected chi connectivity index (χ1v) is 5.61. The summed E-state index contributed by atoms with van der Waals surface area (Å²) in [5, 5.41) is 0. The molecule has 1 nitrogen and oxygen atoms in total. The monoisotopic (exact) mass is 305 g/mol. The maximum Gasteiger partial charge on any atom is 0.573 e. The van der Waals surface area contributed by atoms with Gasteiger partial charge < -0.3 is 4.74 Å². The fraction of sp³-hybridized carbons (Fsp3) is 0.143. The quantitative estimate of drug-likeness (QED) is 0.704. The second-order valence-electron chi connectivity index (χ2n) is 4.00. The van der Waals surface area contributed by atoms with E-state index in [1.165, 1.54) is 12.1 Å². The van der Waals surface area contributed by atoms with Crippen LogP contribution in [0.2, 0.25) is 0 Å². The van der Waals surface area contributed by atoms with Crippen molar-refractivity contribution >= 4 is 0 Å². The fourth-order valence-electron chi connectivity index (χ4n) is 1.80. The van der Waals surface area contributed by atoms with Gasteiger partial charge >= 0.3 is 12.5 Å². The van der Waals surface area contributed by atoms with Crippen LogP contribution in [0.3, 0.4) is 0 Å². The molecule has 0 saturated carbocycles. The van der Waals surface area contributed by atoms with Gasteiger partial charge in [-0.1, -0.05) is 36.4 Å². The molecule has 0 heterocycles. The molecule has 2 aromatic carbocycles. The lowest BCUT2D eigenvalue weighted by Gasteiger charge is -2.16. The standard InChI is InChI=1S/C14H7F6O/c15-13(16,17)11-7-3-1-5-9(11)10-6-2-4-8-12(10)21-14(18,19)20/h1-7H. The molecule has 0 unspecified atom stereocenters. The largest absolute Gasteiger partial charge is 0.573 e. The van der Waals surface area contributed by atoms with E-state index in [1.54, 1.807) is 0 Å². The van der Waals surface area contributed by atoms with E-state index in [4.69, 9.17) is 0 Å². The summed E-state index contributed by atoms with van der Waals surface area (Å²) in [6.45, 7) is 0. The molecule has 0 aliphatic rings. The third kappa shape index (κ3) is 3.68. The molecule has 0 aliphatic heterocycles. The molecule has 0 saturated heterocycles. The van der Waals surface area contributed by atoms with Crippen molar-refractivity contribution in [2.75, 3.05) is 0 Å². The van der Waals surface area contributed by atoms with E-state index in [0.29, 0.717) is 0 Å². The van der Waals surface area contributed by atoms with Crippen molar-refractivity contribution < 1.29 is 31.1 Å². The lowest BCUT2D eigenvalue weighted by molar-refractivity contribution is -0.274. The van der Waals surface area contributed by atoms with Crippen LogP contribution < -0.4 is 4.74 Å². The van der Waals surface area contributed by atoms with Crippen molar-refractivity contribution in [1.29, 1.82) is 0 Å². The first kappa shape index (κ1) is 15.2. The van der Waals surface area contributed by atoms with Gasteiger partial charge in [-0.2, -0.15) is 13.2 Å². The first-order valence-electron chi connectivity index (χ1n) is 5.61. The zero-order chi connectivity index (χ0) is 15.7. The third-order valence-corrected chi connectivity index (χ3v) is 2.56. The highest BCUT2D eigenvalue weighted by molar-refractivity contribution is 5.73. The number of hydrogen-bond acceptors (Lipinski definition) is 1. The predicted molar refractivity (Wildman–Crippen MR) is 62.4 cm³/mol. The van der Waals surface area contributed by atoms with Crippen LogP contribution in [-0.2, 0) is 6.18 Å². The first-order chi connectivity index (χ1) is 9.68. The van der Waals surface area contributed by atoms with E-state index >= 15 is 0 Å². The van der Waals surface area contributed by atoms with Gasteiger partial charge in [-0.25, -0.2) is 0 Å². The van der Waals surface area contributed by atoms with Gasteiger partial charge in [0.15, 0.2) is 0 Å². The average molecular weight is 305 g/mol. The summed E-state index contributed by atoms with van der Waals surface area (Å²) in [7, 11) is 0. The van der Waals surface area contributed by atoms with Crippen molar-refractivity contribution in [1.82, 2.24) is 0 Å². The number of benzene rings is 2. The van der Waals surface area contributed by atoms with Gasteiger partial charge in [0.05, 0.1) is 5.56 Å². The van der Waals surface area contributed by atoms with Gasteiger partial charge in [-0.05, 0) is 11.6 Å². The second-order valence-corrected chi connectivity index (χ2v) is 4.00. The normalized spacial score (nSPS) is 12.3. The maximum atomic E-state index is 12.9. The third-order valence-electron chi connectivity index (χ3n) is 2.56. The lowest BCUT2D eigenvalue weighted by atomic mass is 9.98. The van der Waals surface area contributed by atoms with E-state index in [9.17, 15) is 26.3 Å². The van der Waals surface area contributed by atoms with Crippen LogP contribution in [0.1, 0.15) is 5.56 Å². The van der Waals surface area contributed by atoms with E-state index < -0.39 is 29.4 Å². The van der Waals surface area contributed by atoms with Crippen molar-refractivity contribution in [3.8, 4) is 16.9 Å². The Bertz CT molecular complexity index is 630. The Morgan fingerprint density at radius 3 is 2.05 bits per heavy atom. The number of alkyl halides is 6. The Kier molecular flexibility index (Phi) is 3.85. The number of halogens is 6. The van der Waals surface area contributed by atoms with Crippen LogP contribution in [0, 0.1) is 6.07 Å². The Morgan fingerprint density at radius 2 is 1.43 bits per heavy atom. The molecule has 0 amide bonds. The van der Waals surface area contributed by atoms with Gasteiger partial charge in [0.25, 0.3) is 0 Å². The Labute approximate surface area is 115 Å². The van der Waals surface area contributed by atoms with E-state index in [1.807, 2.05) is 0 Å². The van der Waals surface area contributed by atoms with Crippen LogP contribution in [0.25, 0.3) is 11.1 Å². The molecule has 7 heteroatoms. The van der Waals surface area contributed by atoms with Crippen molar-refractivity contribution in [2.45, 2.75) is 12.5 Å². The minimum absolute atomic E-state index is 0.331. The van der Waals surface area contributed by atoms with Crippen molar-refractivity contribution in [2.24, 2.45) is 0 Å². The van der Waals surface area contributed by atoms with Crippen LogP contribution in [0.15, 0.2) is 42.5 Å². The molecular weight excluding hydrogens is 298 g/mol. The van der Waals surface area contributed by atoms with Gasteiger partial charge in [-0.15, -0.1) is 13.2 Å². The van der Waals surface area contributed by atoms with Gasteiger partial charge in [0.2, 0.25) is 0 Å². The summed E-state index contributed by atoms with van der Waals surface area (Å²) in [6, 6.07) is 10.0. The minimum Gasteiger partial charge on any atom is -0.404 e. The molecule has 111 valence electrons.